The van der Waals surface area contributed by atoms with Crippen LogP contribution in [0.25, 0.3) is 39.3 Å². The summed E-state index contributed by atoms with van der Waals surface area (Å²) in [5.74, 6) is 0.471. The van der Waals surface area contributed by atoms with Gasteiger partial charge in [-0.3, -0.25) is 9.36 Å². The second-order valence-corrected chi connectivity index (χ2v) is 6.79. The lowest BCUT2D eigenvalue weighted by Crippen LogP contribution is -2.17. The lowest BCUT2D eigenvalue weighted by molar-refractivity contribution is 0.0963. The zero-order chi connectivity index (χ0) is 20.1. The number of carbonyl (C=O) groups is 1. The van der Waals surface area contributed by atoms with E-state index < -0.39 is 0 Å². The van der Waals surface area contributed by atoms with Gasteiger partial charge in [-0.05, 0) is 36.4 Å². The fourth-order valence-corrected chi connectivity index (χ4v) is 3.49. The molecule has 0 aliphatic heterocycles. The summed E-state index contributed by atoms with van der Waals surface area (Å²) in [5.41, 5.74) is 4.73. The normalized spacial score (nSPS) is 11.4. The minimum atomic E-state index is -0.257. The predicted molar refractivity (Wildman–Crippen MR) is 109 cm³/mol. The van der Waals surface area contributed by atoms with E-state index in [0.29, 0.717) is 28.1 Å². The molecule has 3 N–H and O–H groups in total. The summed E-state index contributed by atoms with van der Waals surface area (Å²) in [5, 5.41) is 2.63. The summed E-state index contributed by atoms with van der Waals surface area (Å²) < 4.78 is 3.82. The van der Waals surface area contributed by atoms with Gasteiger partial charge in [-0.1, -0.05) is 0 Å². The Morgan fingerprint density at radius 2 is 1.93 bits per heavy atom. The van der Waals surface area contributed by atoms with E-state index in [4.69, 9.17) is 4.98 Å². The highest BCUT2D eigenvalue weighted by Gasteiger charge is 2.18. The Bertz CT molecular complexity index is 1450. The standard InChI is InChI=1S/C20H17N7O2/c1-21-19(28)11-3-6-17-15(7-11)23-18(16-9-26(2)10-22-16)27(17)12-4-5-13-14(8-12)25-20(29)24-13/h3-10H,1-2H3,(H,21,28)(H2,24,25,29). The van der Waals surface area contributed by atoms with Gasteiger partial charge in [-0.2, -0.15) is 0 Å². The van der Waals surface area contributed by atoms with Gasteiger partial charge in [0.2, 0.25) is 0 Å². The second-order valence-electron chi connectivity index (χ2n) is 6.79. The van der Waals surface area contributed by atoms with E-state index in [0.717, 1.165) is 16.7 Å². The van der Waals surface area contributed by atoms with Gasteiger partial charge < -0.3 is 19.9 Å². The van der Waals surface area contributed by atoms with Crippen molar-refractivity contribution >= 4 is 28.0 Å². The topological polar surface area (TPSA) is 113 Å². The van der Waals surface area contributed by atoms with Crippen molar-refractivity contribution in [1.29, 1.82) is 0 Å². The number of hydrogen-bond acceptors (Lipinski definition) is 4. The lowest BCUT2D eigenvalue weighted by Gasteiger charge is -2.08. The average molecular weight is 387 g/mol. The highest BCUT2D eigenvalue weighted by Crippen LogP contribution is 2.29. The second kappa shape index (κ2) is 6.20. The molecule has 0 fully saturated rings. The molecule has 0 spiro atoms. The molecule has 0 saturated heterocycles. The van der Waals surface area contributed by atoms with Crippen LogP contribution in [0.1, 0.15) is 10.4 Å². The van der Waals surface area contributed by atoms with E-state index in [-0.39, 0.29) is 11.6 Å². The number of nitrogens with zero attached hydrogens (tertiary/aromatic N) is 4. The van der Waals surface area contributed by atoms with E-state index in [1.165, 1.54) is 0 Å². The molecule has 0 bridgehead atoms. The summed E-state index contributed by atoms with van der Waals surface area (Å²) in [6.45, 7) is 0. The molecule has 0 atom stereocenters. The molecule has 9 nitrogen and oxygen atoms in total. The molecule has 144 valence electrons. The SMILES string of the molecule is CNC(=O)c1ccc2c(c1)nc(-c1cn(C)cn1)n2-c1ccc2[nH]c(=O)[nH]c2c1. The van der Waals surface area contributed by atoms with Gasteiger partial charge in [0.05, 0.1) is 28.4 Å². The third-order valence-corrected chi connectivity index (χ3v) is 4.84. The number of amides is 1. The molecule has 9 heteroatoms. The Kier molecular flexibility index (Phi) is 3.63. The summed E-state index contributed by atoms with van der Waals surface area (Å²) in [4.78, 5) is 38.4. The quantitative estimate of drug-likeness (QED) is 0.439. The average Bonchev–Trinajstić information content (AvgIpc) is 3.41. The highest BCUT2D eigenvalue weighted by molar-refractivity contribution is 5.98. The van der Waals surface area contributed by atoms with E-state index in [2.05, 4.69) is 20.3 Å². The van der Waals surface area contributed by atoms with E-state index >= 15 is 0 Å². The summed E-state index contributed by atoms with van der Waals surface area (Å²) in [6, 6.07) is 11.0. The van der Waals surface area contributed by atoms with Crippen LogP contribution >= 0.6 is 0 Å². The van der Waals surface area contributed by atoms with Gasteiger partial charge >= 0.3 is 5.69 Å². The molecular weight excluding hydrogens is 370 g/mol. The van der Waals surface area contributed by atoms with Crippen LogP contribution in [0.3, 0.4) is 0 Å². The molecule has 5 rings (SSSR count). The molecule has 0 aliphatic carbocycles. The highest BCUT2D eigenvalue weighted by atomic mass is 16.1. The van der Waals surface area contributed by atoms with Crippen LogP contribution in [0, 0.1) is 0 Å². The van der Waals surface area contributed by atoms with Crippen molar-refractivity contribution in [2.24, 2.45) is 7.05 Å². The third-order valence-electron chi connectivity index (χ3n) is 4.84. The van der Waals surface area contributed by atoms with Crippen molar-refractivity contribution < 1.29 is 4.79 Å². The molecule has 0 aliphatic rings. The lowest BCUT2D eigenvalue weighted by atomic mass is 10.2. The molecule has 29 heavy (non-hydrogen) atoms. The Labute approximate surface area is 164 Å². The predicted octanol–water partition coefficient (Wildman–Crippen LogP) is 1.96. The van der Waals surface area contributed by atoms with Crippen molar-refractivity contribution in [3.8, 4) is 17.2 Å². The molecule has 5 aromatic rings. The van der Waals surface area contributed by atoms with Crippen LogP contribution in [-0.4, -0.2) is 42.0 Å². The minimum absolute atomic E-state index is 0.174. The Morgan fingerprint density at radius 3 is 2.69 bits per heavy atom. The zero-order valence-electron chi connectivity index (χ0n) is 15.7. The number of imidazole rings is 3. The molecule has 0 saturated carbocycles. The first-order valence-electron chi connectivity index (χ1n) is 8.99. The van der Waals surface area contributed by atoms with Gasteiger partial charge in [-0.15, -0.1) is 0 Å². The van der Waals surface area contributed by atoms with Crippen molar-refractivity contribution in [3.05, 3.63) is 65.0 Å². The maximum atomic E-state index is 12.0. The maximum absolute atomic E-state index is 12.0. The van der Waals surface area contributed by atoms with Gasteiger partial charge in [-0.25, -0.2) is 14.8 Å². The molecule has 2 aromatic carbocycles. The van der Waals surface area contributed by atoms with Crippen molar-refractivity contribution in [1.82, 2.24) is 34.4 Å². The van der Waals surface area contributed by atoms with E-state index in [9.17, 15) is 9.59 Å². The number of rotatable bonds is 3. The van der Waals surface area contributed by atoms with Gasteiger partial charge in [0.15, 0.2) is 5.82 Å². The van der Waals surface area contributed by atoms with Crippen molar-refractivity contribution in [2.45, 2.75) is 0 Å². The van der Waals surface area contributed by atoms with Crippen LogP contribution in [0.5, 0.6) is 0 Å². The summed E-state index contributed by atoms with van der Waals surface area (Å²) in [6.07, 6.45) is 3.59. The van der Waals surface area contributed by atoms with E-state index in [1.54, 1.807) is 25.5 Å². The maximum Gasteiger partial charge on any atom is 0.323 e. The third kappa shape index (κ3) is 2.71. The molecule has 3 heterocycles. The fourth-order valence-electron chi connectivity index (χ4n) is 3.49. The number of hydrogen-bond donors (Lipinski definition) is 3. The number of nitrogens with one attached hydrogen (secondary N) is 3. The number of benzene rings is 2. The first-order valence-corrected chi connectivity index (χ1v) is 8.99. The number of fused-ring (bicyclic) bond motifs is 2. The number of aromatic amines is 2. The Hall–Kier alpha value is -4.14. The van der Waals surface area contributed by atoms with Gasteiger partial charge in [0.25, 0.3) is 5.91 Å². The Morgan fingerprint density at radius 1 is 1.10 bits per heavy atom. The largest absolute Gasteiger partial charge is 0.355 e. The number of aromatic nitrogens is 6. The first kappa shape index (κ1) is 17.0. The molecule has 3 aromatic heterocycles. The fraction of sp³-hybridized carbons (Fsp3) is 0.100. The summed E-state index contributed by atoms with van der Waals surface area (Å²) >= 11 is 0. The van der Waals surface area contributed by atoms with Crippen LogP contribution in [0.4, 0.5) is 0 Å². The van der Waals surface area contributed by atoms with Gasteiger partial charge in [0.1, 0.15) is 5.69 Å². The molecule has 1 amide bonds. The summed E-state index contributed by atoms with van der Waals surface area (Å²) in [7, 11) is 3.49. The first-order chi connectivity index (χ1) is 14.0. The number of carbonyl (C=O) groups excluding carboxylic acids is 1. The van der Waals surface area contributed by atoms with Crippen LogP contribution in [0.15, 0.2) is 53.7 Å². The smallest absolute Gasteiger partial charge is 0.323 e. The molecule has 0 unspecified atom stereocenters. The van der Waals surface area contributed by atoms with Gasteiger partial charge in [0, 0.05) is 31.5 Å². The van der Waals surface area contributed by atoms with E-state index in [1.807, 2.05) is 46.6 Å². The molecular formula is C20H17N7O2. The van der Waals surface area contributed by atoms with Crippen molar-refractivity contribution in [2.75, 3.05) is 7.05 Å². The molecule has 0 radical (unpaired) electrons. The van der Waals surface area contributed by atoms with Crippen LogP contribution in [0.2, 0.25) is 0 Å². The van der Waals surface area contributed by atoms with Crippen LogP contribution < -0.4 is 11.0 Å². The van der Waals surface area contributed by atoms with Crippen molar-refractivity contribution in [3.63, 3.8) is 0 Å². The van der Waals surface area contributed by atoms with Crippen LogP contribution in [-0.2, 0) is 7.05 Å². The number of H-pyrrole nitrogens is 2. The monoisotopic (exact) mass is 387 g/mol. The Balaban J connectivity index is 1.80. The minimum Gasteiger partial charge on any atom is -0.355 e. The zero-order valence-corrected chi connectivity index (χ0v) is 15.7. The number of aryl methyl sites for hydroxylation is 1.